The van der Waals surface area contributed by atoms with E-state index >= 15 is 9.59 Å². The number of hydrogen-bond donors (Lipinski definition) is 2. The minimum atomic E-state index is -2.50. The summed E-state index contributed by atoms with van der Waals surface area (Å²) in [6, 6.07) is 24.2. The number of likely N-dealkylation sites (N-methyl/N-ethyl adjacent to an activating group) is 1. The van der Waals surface area contributed by atoms with E-state index in [1.54, 1.807) is 78.9 Å². The maximum absolute atomic E-state index is 15.8. The monoisotopic (exact) mass is 1020 g/mol. The van der Waals surface area contributed by atoms with Crippen molar-refractivity contribution in [1.29, 1.82) is 0 Å². The third-order valence-corrected chi connectivity index (χ3v) is 15.5. The Labute approximate surface area is 428 Å². The molecule has 1 heterocycles. The maximum Gasteiger partial charge on any atom is 0.348 e. The smallest absolute Gasteiger partial charge is 0.348 e. The summed E-state index contributed by atoms with van der Waals surface area (Å²) >= 11 is 0. The van der Waals surface area contributed by atoms with Gasteiger partial charge in [0, 0.05) is 69.9 Å². The van der Waals surface area contributed by atoms with Gasteiger partial charge in [-0.3, -0.25) is 28.8 Å². The van der Waals surface area contributed by atoms with E-state index in [2.05, 4.69) is 0 Å². The number of aliphatic hydroxyl groups excluding tert-OH is 1. The van der Waals surface area contributed by atoms with Gasteiger partial charge in [0.2, 0.25) is 12.0 Å². The number of Topliss-reactive ketones (excluding diaryl/α,β-unsaturated/α-hetero) is 3. The first-order chi connectivity index (χ1) is 34.9. The Hall–Kier alpha value is -6.89. The summed E-state index contributed by atoms with van der Waals surface area (Å²) in [7, 11) is 1.32. The number of rotatable bonds is 17. The quantitative estimate of drug-likeness (QED) is 0.0781. The number of carbonyl (C=O) groups is 9. The molecule has 1 amide bonds. The molecule has 74 heavy (non-hydrogen) atoms. The van der Waals surface area contributed by atoms with E-state index < -0.39 is 137 Å². The molecular formula is C56H63NO17. The molecule has 18 heteroatoms. The molecule has 2 N–H and O–H groups in total. The molecule has 18 nitrogen and oxygen atoms in total. The molecule has 3 aromatic rings. The van der Waals surface area contributed by atoms with Crippen LogP contribution in [0.5, 0.6) is 0 Å². The summed E-state index contributed by atoms with van der Waals surface area (Å²) in [4.78, 5) is 126. The number of nitrogens with zero attached hydrogens (tertiary/aromatic N) is 1. The van der Waals surface area contributed by atoms with Crippen molar-refractivity contribution in [2.45, 2.75) is 134 Å². The van der Waals surface area contributed by atoms with E-state index in [1.807, 2.05) is 0 Å². The molecule has 2 saturated carbocycles. The molecule has 3 fully saturated rings. The predicted molar refractivity (Wildman–Crippen MR) is 261 cm³/mol. The number of ketones is 3. The second-order valence-corrected chi connectivity index (χ2v) is 20.6. The Morgan fingerprint density at radius 3 is 1.95 bits per heavy atom. The number of carbonyl (C=O) groups excluding carboxylic acids is 9. The van der Waals surface area contributed by atoms with Gasteiger partial charge < -0.3 is 48.3 Å². The van der Waals surface area contributed by atoms with Crippen LogP contribution in [0.2, 0.25) is 0 Å². The zero-order chi connectivity index (χ0) is 54.1. The van der Waals surface area contributed by atoms with E-state index in [0.29, 0.717) is 5.56 Å². The van der Waals surface area contributed by atoms with Crippen molar-refractivity contribution in [1.82, 2.24) is 4.90 Å². The highest BCUT2D eigenvalue weighted by atomic mass is 16.6. The van der Waals surface area contributed by atoms with Crippen molar-refractivity contribution in [2.75, 3.05) is 20.2 Å². The second-order valence-electron chi connectivity index (χ2n) is 20.6. The van der Waals surface area contributed by atoms with Crippen molar-refractivity contribution in [3.05, 3.63) is 119 Å². The molecule has 2 bridgehead atoms. The number of ether oxygens (including phenoxy) is 6. The standard InChI is InChI=1S/C56H63NO17/c1-31(58)24-25-43(63)57(8)29-44(64)72-46(38(35-18-12-9-13-19-35)26-39(61)36-20-14-10-15-21-36)52(67)71-40-28-56(68)50(73-51(66)37-22-16-11-17-23-37)48-54(7,41(62)27-42-55(48,30-69-42)74-34(4)60)49(65)47(70-33(3)59)45(32(40)2)53(56,5)6/h9-23,38,40-42,46-48,50,62,68H,24-30H2,1-8H3/t38-,40-,41-,42+,46+,47+,48-,50-,54+,55-,56+/m0/s1. The summed E-state index contributed by atoms with van der Waals surface area (Å²) in [5.74, 6) is -10.1. The first-order valence-electron chi connectivity index (χ1n) is 24.5. The molecule has 0 unspecified atom stereocenters. The van der Waals surface area contributed by atoms with Crippen LogP contribution in [0.15, 0.2) is 102 Å². The molecule has 1 aliphatic heterocycles. The van der Waals surface area contributed by atoms with Crippen LogP contribution in [0.1, 0.15) is 113 Å². The van der Waals surface area contributed by atoms with E-state index in [-0.39, 0.29) is 53.9 Å². The molecule has 394 valence electrons. The zero-order valence-electron chi connectivity index (χ0n) is 42.7. The normalized spacial score (nSPS) is 28.4. The van der Waals surface area contributed by atoms with Gasteiger partial charge in [0.05, 0.1) is 29.6 Å². The highest BCUT2D eigenvalue weighted by molar-refractivity contribution is 5.98. The minimum absolute atomic E-state index is 0.0275. The zero-order valence-corrected chi connectivity index (χ0v) is 42.7. The van der Waals surface area contributed by atoms with Crippen LogP contribution in [0.25, 0.3) is 0 Å². The minimum Gasteiger partial charge on any atom is -0.455 e. The van der Waals surface area contributed by atoms with Crippen molar-refractivity contribution in [2.24, 2.45) is 16.7 Å². The lowest BCUT2D eigenvalue weighted by Crippen LogP contribution is -2.82. The fourth-order valence-electron chi connectivity index (χ4n) is 11.5. The van der Waals surface area contributed by atoms with Crippen molar-refractivity contribution >= 4 is 53.1 Å². The molecule has 3 aliphatic carbocycles. The molecular weight excluding hydrogens is 959 g/mol. The highest BCUT2D eigenvalue weighted by Crippen LogP contribution is 2.64. The van der Waals surface area contributed by atoms with Gasteiger partial charge in [-0.05, 0) is 49.6 Å². The Morgan fingerprint density at radius 2 is 1.39 bits per heavy atom. The van der Waals surface area contributed by atoms with Gasteiger partial charge in [-0.25, -0.2) is 9.59 Å². The van der Waals surface area contributed by atoms with Crippen molar-refractivity contribution in [3.8, 4) is 0 Å². The summed E-state index contributed by atoms with van der Waals surface area (Å²) in [6.07, 6.45) is -11.7. The molecule has 0 spiro atoms. The van der Waals surface area contributed by atoms with Gasteiger partial charge in [0.1, 0.15) is 36.2 Å². The van der Waals surface area contributed by atoms with Gasteiger partial charge in [-0.2, -0.15) is 0 Å². The third kappa shape index (κ3) is 10.3. The Balaban J connectivity index is 1.40. The van der Waals surface area contributed by atoms with Crippen LogP contribution in [0, 0.1) is 16.7 Å². The molecule has 0 aromatic heterocycles. The topological polar surface area (TPSA) is 253 Å². The number of hydrogen-bond acceptors (Lipinski definition) is 17. The largest absolute Gasteiger partial charge is 0.455 e. The van der Waals surface area contributed by atoms with Crippen LogP contribution in [0.4, 0.5) is 0 Å². The van der Waals surface area contributed by atoms with Crippen LogP contribution < -0.4 is 0 Å². The first kappa shape index (κ1) is 54.9. The number of amides is 1. The van der Waals surface area contributed by atoms with E-state index in [1.165, 1.54) is 53.8 Å². The van der Waals surface area contributed by atoms with E-state index in [0.717, 1.165) is 18.7 Å². The number of fused-ring (bicyclic) bond motifs is 5. The predicted octanol–water partition coefficient (Wildman–Crippen LogP) is 5.00. The fourth-order valence-corrected chi connectivity index (χ4v) is 11.5. The summed E-state index contributed by atoms with van der Waals surface area (Å²) in [5.41, 5.74) is -7.50. The average molecular weight is 1020 g/mol. The fraction of sp³-hybridized carbons (Fsp3) is 0.482. The molecule has 11 atom stereocenters. The molecule has 7 rings (SSSR count). The lowest BCUT2D eigenvalue weighted by molar-refractivity contribution is -0.346. The van der Waals surface area contributed by atoms with Gasteiger partial charge in [0.25, 0.3) is 0 Å². The van der Waals surface area contributed by atoms with Gasteiger partial charge in [-0.1, -0.05) is 92.7 Å². The van der Waals surface area contributed by atoms with Crippen LogP contribution >= 0.6 is 0 Å². The Morgan fingerprint density at radius 1 is 0.797 bits per heavy atom. The SMILES string of the molecule is CC(=O)CCC(=O)N(C)CC(=O)O[C@@H](C(=O)O[C@H]1C[C@@]2(O)[C@@H](OC(=O)c3ccccc3)[C@@H]3[C@]4(OC(C)=O)CO[C@@H]4C[C@H](O)[C@@]3(C)C(=O)[C@H](OC(C)=O)C(=C1C)C2(C)C)[C@@H](CC(=O)c1ccccc1)c1ccccc1. The number of benzene rings is 3. The molecule has 3 aromatic carbocycles. The molecule has 0 radical (unpaired) electrons. The molecule has 1 saturated heterocycles. The summed E-state index contributed by atoms with van der Waals surface area (Å²) < 4.78 is 36.8. The summed E-state index contributed by atoms with van der Waals surface area (Å²) in [5, 5.41) is 26.2. The van der Waals surface area contributed by atoms with Crippen LogP contribution in [-0.4, -0.2) is 136 Å². The van der Waals surface area contributed by atoms with Crippen molar-refractivity contribution in [3.63, 3.8) is 0 Å². The van der Waals surface area contributed by atoms with E-state index in [4.69, 9.17) is 28.4 Å². The molecule has 4 aliphatic rings. The lowest BCUT2D eigenvalue weighted by atomic mass is 9.44. The number of esters is 5. The van der Waals surface area contributed by atoms with Gasteiger partial charge in [-0.15, -0.1) is 0 Å². The maximum atomic E-state index is 15.8. The van der Waals surface area contributed by atoms with Crippen LogP contribution in [-0.2, 0) is 62.0 Å². The Kier molecular flexibility index (Phi) is 16.0. The lowest BCUT2D eigenvalue weighted by Gasteiger charge is -2.67. The average Bonchev–Trinajstić information content (AvgIpc) is 3.35. The van der Waals surface area contributed by atoms with Gasteiger partial charge in [0.15, 0.2) is 23.3 Å². The highest BCUT2D eigenvalue weighted by Gasteiger charge is 2.78. The summed E-state index contributed by atoms with van der Waals surface area (Å²) in [6.45, 7) is 8.41. The first-order valence-corrected chi connectivity index (χ1v) is 24.5. The second kappa shape index (κ2) is 21.5. The number of aliphatic hydroxyl groups is 2. The third-order valence-electron chi connectivity index (χ3n) is 15.5. The van der Waals surface area contributed by atoms with Crippen molar-refractivity contribution < 1.29 is 81.8 Å². The van der Waals surface area contributed by atoms with E-state index in [9.17, 15) is 43.8 Å². The van der Waals surface area contributed by atoms with Gasteiger partial charge >= 0.3 is 29.8 Å². The van der Waals surface area contributed by atoms with Crippen LogP contribution in [0.3, 0.4) is 0 Å². The Bertz CT molecular complexity index is 2720.